The van der Waals surface area contributed by atoms with Crippen molar-refractivity contribution < 1.29 is 0 Å². The lowest BCUT2D eigenvalue weighted by atomic mass is 10.0. The third-order valence-corrected chi connectivity index (χ3v) is 3.89. The Kier molecular flexibility index (Phi) is 3.26. The summed E-state index contributed by atoms with van der Waals surface area (Å²) in [7, 11) is 0. The molecule has 0 spiro atoms. The molecular formula is C14H14N2S. The molecule has 0 aliphatic heterocycles. The standard InChI is InChI=1S/C14H14N2S/c1-9-4-5-12(10(2)8-9)14-11(3)16-13(17-14)6-7-15/h4-5,8H,6H2,1-3H3. The van der Waals surface area contributed by atoms with Gasteiger partial charge in [0, 0.05) is 0 Å². The summed E-state index contributed by atoms with van der Waals surface area (Å²) in [6.45, 7) is 6.22. The summed E-state index contributed by atoms with van der Waals surface area (Å²) in [6.07, 6.45) is 0.399. The summed E-state index contributed by atoms with van der Waals surface area (Å²) in [6, 6.07) is 8.58. The number of thiazole rings is 1. The van der Waals surface area contributed by atoms with Crippen LogP contribution in [0.5, 0.6) is 0 Å². The van der Waals surface area contributed by atoms with Crippen LogP contribution in [0.1, 0.15) is 21.8 Å². The molecular weight excluding hydrogens is 228 g/mol. The minimum absolute atomic E-state index is 0.399. The average Bonchev–Trinajstić information content (AvgIpc) is 2.60. The number of hydrogen-bond acceptors (Lipinski definition) is 3. The molecule has 2 rings (SSSR count). The number of benzene rings is 1. The van der Waals surface area contributed by atoms with E-state index >= 15 is 0 Å². The molecule has 0 unspecified atom stereocenters. The van der Waals surface area contributed by atoms with E-state index in [2.05, 4.69) is 43.1 Å². The van der Waals surface area contributed by atoms with Crippen molar-refractivity contribution >= 4 is 11.3 Å². The third kappa shape index (κ3) is 2.37. The minimum Gasteiger partial charge on any atom is -0.245 e. The Morgan fingerprint density at radius 2 is 2.06 bits per heavy atom. The zero-order valence-corrected chi connectivity index (χ0v) is 11.1. The van der Waals surface area contributed by atoms with Gasteiger partial charge >= 0.3 is 0 Å². The van der Waals surface area contributed by atoms with Crippen LogP contribution in [0.2, 0.25) is 0 Å². The molecule has 0 bridgehead atoms. The van der Waals surface area contributed by atoms with Crippen molar-refractivity contribution in [2.24, 2.45) is 0 Å². The Labute approximate surface area is 106 Å². The van der Waals surface area contributed by atoms with E-state index < -0.39 is 0 Å². The summed E-state index contributed by atoms with van der Waals surface area (Å²) in [5, 5.41) is 9.60. The van der Waals surface area contributed by atoms with E-state index in [0.717, 1.165) is 10.7 Å². The molecule has 2 nitrogen and oxygen atoms in total. The first kappa shape index (κ1) is 11.8. The second-order valence-corrected chi connectivity index (χ2v) is 5.26. The first-order chi connectivity index (χ1) is 8.11. The highest BCUT2D eigenvalue weighted by atomic mass is 32.1. The van der Waals surface area contributed by atoms with Crippen LogP contribution >= 0.6 is 11.3 Å². The first-order valence-corrected chi connectivity index (χ1v) is 6.34. The monoisotopic (exact) mass is 242 g/mol. The molecule has 0 amide bonds. The number of hydrogen-bond donors (Lipinski definition) is 0. The van der Waals surface area contributed by atoms with Gasteiger partial charge in [-0.05, 0) is 31.9 Å². The van der Waals surface area contributed by atoms with E-state index in [1.54, 1.807) is 11.3 Å². The highest BCUT2D eigenvalue weighted by molar-refractivity contribution is 7.15. The van der Waals surface area contributed by atoms with Gasteiger partial charge < -0.3 is 0 Å². The van der Waals surface area contributed by atoms with Crippen molar-refractivity contribution in [2.45, 2.75) is 27.2 Å². The van der Waals surface area contributed by atoms with Crippen molar-refractivity contribution in [1.29, 1.82) is 5.26 Å². The summed E-state index contributed by atoms with van der Waals surface area (Å²) in [5.41, 5.74) is 4.79. The quantitative estimate of drug-likeness (QED) is 0.803. The molecule has 0 aliphatic carbocycles. The Morgan fingerprint density at radius 3 is 2.71 bits per heavy atom. The Balaban J connectivity index is 2.49. The summed E-state index contributed by atoms with van der Waals surface area (Å²) in [5.74, 6) is 0. The molecule has 0 saturated heterocycles. The van der Waals surface area contributed by atoms with Crippen LogP contribution in [0.25, 0.3) is 10.4 Å². The van der Waals surface area contributed by atoms with Gasteiger partial charge in [-0.15, -0.1) is 11.3 Å². The van der Waals surface area contributed by atoms with Crippen LogP contribution in [-0.2, 0) is 6.42 Å². The molecule has 2 aromatic rings. The Hall–Kier alpha value is -1.66. The molecule has 1 heterocycles. The zero-order valence-electron chi connectivity index (χ0n) is 10.2. The lowest BCUT2D eigenvalue weighted by Crippen LogP contribution is -1.84. The number of aryl methyl sites for hydroxylation is 3. The van der Waals surface area contributed by atoms with E-state index in [4.69, 9.17) is 5.26 Å². The van der Waals surface area contributed by atoms with Crippen molar-refractivity contribution in [2.75, 3.05) is 0 Å². The SMILES string of the molecule is Cc1ccc(-c2sc(CC#N)nc2C)c(C)c1. The molecule has 1 aromatic carbocycles. The maximum absolute atomic E-state index is 8.70. The highest BCUT2D eigenvalue weighted by Crippen LogP contribution is 2.32. The third-order valence-electron chi connectivity index (χ3n) is 2.70. The zero-order chi connectivity index (χ0) is 12.4. The number of nitriles is 1. The van der Waals surface area contributed by atoms with Crippen LogP contribution in [0.4, 0.5) is 0 Å². The molecule has 0 atom stereocenters. The van der Waals surface area contributed by atoms with E-state index in [0.29, 0.717) is 6.42 Å². The predicted octanol–water partition coefficient (Wildman–Crippen LogP) is 3.80. The van der Waals surface area contributed by atoms with Crippen LogP contribution in [0, 0.1) is 32.1 Å². The second kappa shape index (κ2) is 4.68. The number of nitrogens with zero attached hydrogens (tertiary/aromatic N) is 2. The van der Waals surface area contributed by atoms with E-state index in [1.807, 2.05) is 6.92 Å². The van der Waals surface area contributed by atoms with Crippen LogP contribution in [0.15, 0.2) is 18.2 Å². The van der Waals surface area contributed by atoms with E-state index in [9.17, 15) is 0 Å². The topological polar surface area (TPSA) is 36.7 Å². The van der Waals surface area contributed by atoms with Gasteiger partial charge in [-0.25, -0.2) is 4.98 Å². The lowest BCUT2D eigenvalue weighted by Gasteiger charge is -2.04. The van der Waals surface area contributed by atoms with Crippen molar-refractivity contribution in [1.82, 2.24) is 4.98 Å². The van der Waals surface area contributed by atoms with Gasteiger partial charge in [0.2, 0.25) is 0 Å². The van der Waals surface area contributed by atoms with Crippen LogP contribution < -0.4 is 0 Å². The molecule has 0 saturated carbocycles. The van der Waals surface area contributed by atoms with Gasteiger partial charge in [0.1, 0.15) is 5.01 Å². The number of rotatable bonds is 2. The Morgan fingerprint density at radius 1 is 1.29 bits per heavy atom. The molecule has 1 aromatic heterocycles. The molecule has 0 N–H and O–H groups in total. The molecule has 0 radical (unpaired) electrons. The second-order valence-electron chi connectivity index (χ2n) is 4.18. The molecule has 3 heteroatoms. The van der Waals surface area contributed by atoms with Gasteiger partial charge in [-0.1, -0.05) is 23.8 Å². The molecule has 86 valence electrons. The summed E-state index contributed by atoms with van der Waals surface area (Å²) in [4.78, 5) is 5.62. The van der Waals surface area contributed by atoms with Gasteiger partial charge in [0.15, 0.2) is 0 Å². The fourth-order valence-corrected chi connectivity index (χ4v) is 3.00. The van der Waals surface area contributed by atoms with Gasteiger partial charge in [-0.2, -0.15) is 5.26 Å². The largest absolute Gasteiger partial charge is 0.245 e. The lowest BCUT2D eigenvalue weighted by molar-refractivity contribution is 1.14. The molecule has 17 heavy (non-hydrogen) atoms. The fraction of sp³-hybridized carbons (Fsp3) is 0.286. The van der Waals surface area contributed by atoms with Gasteiger partial charge in [0.05, 0.1) is 23.1 Å². The van der Waals surface area contributed by atoms with E-state index in [-0.39, 0.29) is 0 Å². The van der Waals surface area contributed by atoms with Crippen molar-refractivity contribution in [3.8, 4) is 16.5 Å². The summed E-state index contributed by atoms with van der Waals surface area (Å²) >= 11 is 1.62. The normalized spacial score (nSPS) is 10.2. The molecule has 0 aliphatic rings. The smallest absolute Gasteiger partial charge is 0.108 e. The van der Waals surface area contributed by atoms with Crippen LogP contribution in [0.3, 0.4) is 0 Å². The van der Waals surface area contributed by atoms with Gasteiger partial charge in [-0.3, -0.25) is 0 Å². The fourth-order valence-electron chi connectivity index (χ4n) is 1.91. The predicted molar refractivity (Wildman–Crippen MR) is 71.1 cm³/mol. The van der Waals surface area contributed by atoms with Crippen LogP contribution in [-0.4, -0.2) is 4.98 Å². The Bertz CT molecular complexity index is 591. The highest BCUT2D eigenvalue weighted by Gasteiger charge is 2.11. The van der Waals surface area contributed by atoms with E-state index in [1.165, 1.54) is 21.6 Å². The first-order valence-electron chi connectivity index (χ1n) is 5.52. The number of aromatic nitrogens is 1. The maximum Gasteiger partial charge on any atom is 0.108 e. The van der Waals surface area contributed by atoms with Crippen molar-refractivity contribution in [3.05, 3.63) is 40.0 Å². The minimum atomic E-state index is 0.399. The average molecular weight is 242 g/mol. The molecule has 0 fully saturated rings. The van der Waals surface area contributed by atoms with Gasteiger partial charge in [0.25, 0.3) is 0 Å². The maximum atomic E-state index is 8.70. The summed E-state index contributed by atoms with van der Waals surface area (Å²) < 4.78 is 0. The van der Waals surface area contributed by atoms with Crippen molar-refractivity contribution in [3.63, 3.8) is 0 Å².